The van der Waals surface area contributed by atoms with Gasteiger partial charge in [-0.15, -0.1) is 0 Å². The van der Waals surface area contributed by atoms with Crippen LogP contribution in [0.5, 0.6) is 0 Å². The smallest absolute Gasteiger partial charge is 0.407 e. The summed E-state index contributed by atoms with van der Waals surface area (Å²) in [4.78, 5) is 103. The fourth-order valence-corrected chi connectivity index (χ4v) is 6.41. The molecule has 61 heavy (non-hydrogen) atoms. The summed E-state index contributed by atoms with van der Waals surface area (Å²) in [7, 11) is 0. The number of hydrogen-bond donors (Lipinski definition) is 9. The Balaban J connectivity index is 2.38. The van der Waals surface area contributed by atoms with Gasteiger partial charge in [0.05, 0.1) is 12.5 Å². The SMILES string of the molecule is CC(=O)NCCCC[C@H](NC(=O)[C@](C)(CCCCNC(=O)OC(C)(C)C)NC(=O)[C@@H](N)Cc1ccc2ccccc2c1)C(=O)NC(CC(N)=O)C(=O)N[C@H](CC(C)C)C(N)=O. The topological polar surface area (TPSA) is 296 Å². The van der Waals surface area contributed by atoms with Gasteiger partial charge in [-0.1, -0.05) is 56.3 Å². The minimum Gasteiger partial charge on any atom is -0.444 e. The van der Waals surface area contributed by atoms with Crippen molar-refractivity contribution < 1.29 is 43.1 Å². The predicted molar refractivity (Wildman–Crippen MR) is 231 cm³/mol. The fraction of sp³-hybridized carbons (Fsp3) is 0.581. The summed E-state index contributed by atoms with van der Waals surface area (Å²) >= 11 is 0. The molecule has 0 spiro atoms. The number of nitrogens with two attached hydrogens (primary N) is 3. The van der Waals surface area contributed by atoms with E-state index in [1.165, 1.54) is 13.8 Å². The maximum atomic E-state index is 14.4. The maximum absolute atomic E-state index is 14.4. The molecule has 5 atom stereocenters. The molecule has 2 aromatic carbocycles. The van der Waals surface area contributed by atoms with E-state index < -0.39 is 83.3 Å². The first-order chi connectivity index (χ1) is 28.5. The fourth-order valence-electron chi connectivity index (χ4n) is 6.41. The number of ether oxygens (including phenoxy) is 1. The van der Waals surface area contributed by atoms with Gasteiger partial charge in [-0.05, 0) is 101 Å². The van der Waals surface area contributed by atoms with Crippen molar-refractivity contribution in [1.29, 1.82) is 0 Å². The van der Waals surface area contributed by atoms with Crippen LogP contribution in [0, 0.1) is 5.92 Å². The van der Waals surface area contributed by atoms with Gasteiger partial charge in [0, 0.05) is 20.0 Å². The molecule has 0 heterocycles. The van der Waals surface area contributed by atoms with Crippen LogP contribution < -0.4 is 49.1 Å². The van der Waals surface area contributed by atoms with Crippen LogP contribution in [0.3, 0.4) is 0 Å². The highest BCUT2D eigenvalue weighted by molar-refractivity contribution is 5.98. The predicted octanol–water partition coefficient (Wildman–Crippen LogP) is 1.45. The van der Waals surface area contributed by atoms with Gasteiger partial charge >= 0.3 is 6.09 Å². The Bertz CT molecular complexity index is 1850. The highest BCUT2D eigenvalue weighted by Gasteiger charge is 2.38. The molecule has 0 saturated heterocycles. The van der Waals surface area contributed by atoms with Crippen molar-refractivity contribution in [2.75, 3.05) is 13.1 Å². The van der Waals surface area contributed by atoms with Gasteiger partial charge in [-0.2, -0.15) is 0 Å². The monoisotopic (exact) mass is 854 g/mol. The molecule has 18 nitrogen and oxygen atoms in total. The maximum Gasteiger partial charge on any atom is 0.407 e. The highest BCUT2D eigenvalue weighted by atomic mass is 16.6. The molecule has 0 aromatic heterocycles. The Labute approximate surface area is 358 Å². The van der Waals surface area contributed by atoms with Gasteiger partial charge < -0.3 is 53.8 Å². The molecule has 18 heteroatoms. The zero-order valence-corrected chi connectivity index (χ0v) is 36.6. The molecule has 0 bridgehead atoms. The van der Waals surface area contributed by atoms with Crippen LogP contribution in [-0.2, 0) is 44.7 Å². The van der Waals surface area contributed by atoms with Crippen molar-refractivity contribution in [1.82, 2.24) is 31.9 Å². The normalized spacial score (nSPS) is 14.3. The van der Waals surface area contributed by atoms with E-state index in [1.54, 1.807) is 20.8 Å². The molecule has 0 fully saturated rings. The van der Waals surface area contributed by atoms with Crippen LogP contribution >= 0.6 is 0 Å². The number of fused-ring (bicyclic) bond motifs is 1. The molecule has 2 rings (SSSR count). The lowest BCUT2D eigenvalue weighted by Gasteiger charge is -2.33. The van der Waals surface area contributed by atoms with E-state index in [2.05, 4.69) is 31.9 Å². The van der Waals surface area contributed by atoms with Crippen LogP contribution in [0.25, 0.3) is 10.8 Å². The van der Waals surface area contributed by atoms with Crippen LogP contribution in [0.2, 0.25) is 0 Å². The molecule has 338 valence electrons. The van der Waals surface area contributed by atoms with Crippen molar-refractivity contribution in [3.63, 3.8) is 0 Å². The Morgan fingerprint density at radius 3 is 1.93 bits per heavy atom. The third kappa shape index (κ3) is 19.4. The number of carbonyl (C=O) groups is 8. The number of nitrogens with one attached hydrogen (secondary N) is 6. The van der Waals surface area contributed by atoms with Crippen LogP contribution in [0.15, 0.2) is 42.5 Å². The van der Waals surface area contributed by atoms with Gasteiger partial charge in [-0.25, -0.2) is 4.79 Å². The number of rotatable bonds is 25. The lowest BCUT2D eigenvalue weighted by atomic mass is 9.91. The highest BCUT2D eigenvalue weighted by Crippen LogP contribution is 2.19. The largest absolute Gasteiger partial charge is 0.444 e. The van der Waals surface area contributed by atoms with E-state index >= 15 is 0 Å². The average Bonchev–Trinajstić information content (AvgIpc) is 3.15. The molecule has 0 aliphatic rings. The summed E-state index contributed by atoms with van der Waals surface area (Å²) in [5.41, 5.74) is 15.8. The summed E-state index contributed by atoms with van der Waals surface area (Å²) in [6.45, 7) is 12.2. The Kier molecular flexibility index (Phi) is 20.6. The van der Waals surface area contributed by atoms with Gasteiger partial charge in [0.25, 0.3) is 0 Å². The minimum absolute atomic E-state index is 0.0185. The van der Waals surface area contributed by atoms with E-state index in [0.29, 0.717) is 25.7 Å². The summed E-state index contributed by atoms with van der Waals surface area (Å²) in [6, 6.07) is 8.47. The first-order valence-corrected chi connectivity index (χ1v) is 20.8. The van der Waals surface area contributed by atoms with Crippen LogP contribution in [0.4, 0.5) is 4.79 Å². The van der Waals surface area contributed by atoms with Gasteiger partial charge in [0.15, 0.2) is 0 Å². The molecule has 0 aliphatic heterocycles. The summed E-state index contributed by atoms with van der Waals surface area (Å²) in [5.74, 6) is -5.13. The molecular weight excluding hydrogens is 787 g/mol. The first kappa shape index (κ1) is 51.4. The quantitative estimate of drug-likeness (QED) is 0.0648. The zero-order valence-electron chi connectivity index (χ0n) is 36.6. The minimum atomic E-state index is -1.64. The lowest BCUT2D eigenvalue weighted by Crippen LogP contribution is -2.63. The Hall–Kier alpha value is -5.78. The number of benzene rings is 2. The number of carbonyl (C=O) groups excluding carboxylic acids is 8. The van der Waals surface area contributed by atoms with Crippen LogP contribution in [-0.4, -0.2) is 95.8 Å². The summed E-state index contributed by atoms with van der Waals surface area (Å²) < 4.78 is 5.29. The van der Waals surface area contributed by atoms with E-state index in [-0.39, 0.29) is 50.6 Å². The van der Waals surface area contributed by atoms with E-state index in [4.69, 9.17) is 21.9 Å². The third-order valence-corrected chi connectivity index (χ3v) is 9.60. The average molecular weight is 854 g/mol. The second kappa shape index (κ2) is 24.5. The van der Waals surface area contributed by atoms with Crippen molar-refractivity contribution >= 4 is 58.2 Å². The molecular formula is C43H67N9O9. The standard InChI is InChI=1S/C43H67N9O9/c1-26(2)22-33(36(46)55)49-39(58)34(25-35(45)54)50-38(57)32(16-10-12-20-47-27(3)53)51-40(59)43(7,19-11-13-21-48-41(60)61-42(4,5)6)52-37(56)31(44)24-28-17-18-29-14-8-9-15-30(29)23-28/h8-9,14-15,17-18,23,26,31-34H,10-13,16,19-22,24-25,44H2,1-7H3,(H2,45,54)(H2,46,55)(H,47,53)(H,48,60)(H,49,58)(H,50,57)(H,51,59)(H,52,56)/t31-,32-,33+,34?,43-/m0/s1. The molecule has 12 N–H and O–H groups in total. The van der Waals surface area contributed by atoms with Crippen molar-refractivity contribution in [3.8, 4) is 0 Å². The van der Waals surface area contributed by atoms with Gasteiger partial charge in [0.2, 0.25) is 41.4 Å². The third-order valence-electron chi connectivity index (χ3n) is 9.60. The van der Waals surface area contributed by atoms with Gasteiger partial charge in [-0.3, -0.25) is 33.6 Å². The van der Waals surface area contributed by atoms with Crippen molar-refractivity contribution in [3.05, 3.63) is 48.0 Å². The number of hydrogen-bond acceptors (Lipinski definition) is 10. The molecule has 0 saturated carbocycles. The molecule has 0 radical (unpaired) electrons. The number of primary amides is 2. The van der Waals surface area contributed by atoms with E-state index in [0.717, 1.165) is 16.3 Å². The number of amides is 8. The first-order valence-electron chi connectivity index (χ1n) is 20.8. The van der Waals surface area contributed by atoms with E-state index in [1.807, 2.05) is 56.3 Å². The molecule has 8 amide bonds. The summed E-state index contributed by atoms with van der Waals surface area (Å²) in [6.07, 6.45) is 0.634. The second-order valence-corrected chi connectivity index (χ2v) is 17.0. The Morgan fingerprint density at radius 2 is 1.33 bits per heavy atom. The molecule has 2 aromatic rings. The van der Waals surface area contributed by atoms with Crippen molar-refractivity contribution in [2.24, 2.45) is 23.1 Å². The number of alkyl carbamates (subject to hydrolysis) is 1. The van der Waals surface area contributed by atoms with Gasteiger partial charge in [0.1, 0.15) is 29.3 Å². The van der Waals surface area contributed by atoms with Crippen molar-refractivity contribution in [2.45, 2.75) is 142 Å². The molecule has 0 aliphatic carbocycles. The number of unbranched alkanes of at least 4 members (excludes halogenated alkanes) is 2. The summed E-state index contributed by atoms with van der Waals surface area (Å²) in [5, 5.41) is 17.9. The van der Waals surface area contributed by atoms with E-state index in [9.17, 15) is 38.4 Å². The molecule has 1 unspecified atom stereocenters. The zero-order chi connectivity index (χ0) is 45.9. The Morgan fingerprint density at radius 1 is 0.721 bits per heavy atom. The lowest BCUT2D eigenvalue weighted by molar-refractivity contribution is -0.137. The van der Waals surface area contributed by atoms with Crippen LogP contribution in [0.1, 0.15) is 105 Å². The second-order valence-electron chi connectivity index (χ2n) is 17.0.